The third-order valence-electron chi connectivity index (χ3n) is 5.82. The van der Waals surface area contributed by atoms with Gasteiger partial charge in [0.1, 0.15) is 5.75 Å². The number of carbonyl (C=O) groups excluding carboxylic acids is 4. The van der Waals surface area contributed by atoms with Crippen LogP contribution < -0.4 is 15.4 Å². The molecule has 2 aromatic rings. The van der Waals surface area contributed by atoms with Crippen LogP contribution in [0.25, 0.3) is 0 Å². The second kappa shape index (κ2) is 10.1. The van der Waals surface area contributed by atoms with Gasteiger partial charge in [0.2, 0.25) is 11.8 Å². The monoisotopic (exact) mass is 470 g/mol. The Morgan fingerprint density at radius 1 is 1.27 bits per heavy atom. The first-order valence-electron chi connectivity index (χ1n) is 11.0. The number of rotatable bonds is 8. The number of anilines is 1. The molecule has 0 radical (unpaired) electrons. The van der Waals surface area contributed by atoms with Crippen LogP contribution in [-0.2, 0) is 16.0 Å². The van der Waals surface area contributed by atoms with E-state index in [-0.39, 0.29) is 29.9 Å². The lowest BCUT2D eigenvalue weighted by Gasteiger charge is -2.20. The van der Waals surface area contributed by atoms with Crippen LogP contribution in [0, 0.1) is 5.92 Å². The molecule has 9 nitrogen and oxygen atoms in total. The molecule has 3 amide bonds. The molecule has 1 saturated heterocycles. The van der Waals surface area contributed by atoms with E-state index >= 15 is 0 Å². The predicted molar refractivity (Wildman–Crippen MR) is 123 cm³/mol. The number of fused-ring (bicyclic) bond motifs is 1. The smallest absolute Gasteiger partial charge is 0.257 e. The lowest BCUT2D eigenvalue weighted by Crippen LogP contribution is -2.37. The van der Waals surface area contributed by atoms with Crippen molar-refractivity contribution >= 4 is 40.0 Å². The summed E-state index contributed by atoms with van der Waals surface area (Å²) in [4.78, 5) is 56.1. The number of ketones is 1. The summed E-state index contributed by atoms with van der Waals surface area (Å²) in [6.07, 6.45) is 2.65. The fourth-order valence-corrected chi connectivity index (χ4v) is 5.01. The average Bonchev–Trinajstić information content (AvgIpc) is 3.42. The summed E-state index contributed by atoms with van der Waals surface area (Å²) < 4.78 is 5.14. The van der Waals surface area contributed by atoms with Gasteiger partial charge in [-0.2, -0.15) is 0 Å². The number of ether oxygens (including phenoxy) is 1. The number of Topliss-reactive ketones (excluding diaryl/α,β-unsaturated/α-hetero) is 1. The number of likely N-dealkylation sites (tertiary alicyclic amines) is 1. The van der Waals surface area contributed by atoms with Crippen molar-refractivity contribution in [1.29, 1.82) is 0 Å². The van der Waals surface area contributed by atoms with Crippen molar-refractivity contribution in [3.8, 4) is 5.75 Å². The predicted octanol–water partition coefficient (Wildman–Crippen LogP) is 2.28. The summed E-state index contributed by atoms with van der Waals surface area (Å²) in [7, 11) is 1.53. The Morgan fingerprint density at radius 3 is 2.88 bits per heavy atom. The zero-order valence-electron chi connectivity index (χ0n) is 18.4. The number of nitrogens with zero attached hydrogens (tertiary/aromatic N) is 2. The van der Waals surface area contributed by atoms with E-state index in [4.69, 9.17) is 4.74 Å². The van der Waals surface area contributed by atoms with Gasteiger partial charge in [0.15, 0.2) is 10.9 Å². The van der Waals surface area contributed by atoms with Crippen LogP contribution in [0.3, 0.4) is 0 Å². The second-order valence-electron chi connectivity index (χ2n) is 8.14. The Balaban J connectivity index is 1.31. The van der Waals surface area contributed by atoms with Gasteiger partial charge in [-0.1, -0.05) is 17.4 Å². The largest absolute Gasteiger partial charge is 0.497 e. The maximum atomic E-state index is 12.6. The number of hydrogen-bond donors (Lipinski definition) is 2. The first-order chi connectivity index (χ1) is 15.9. The standard InChI is InChI=1S/C23H26N4O5S/c1-32-16-6-2-5-14(11-16)22(31)26-23-25-17-12-15(13-18(28)20(17)33-23)21(30)24-8-4-10-27-9-3-7-19(27)29/h2,5-6,11,15H,3-4,7-10,12-13H2,1H3,(H,24,30)(H,25,26,31)/t15-/m1/s1. The van der Waals surface area contributed by atoms with Crippen LogP contribution in [0.15, 0.2) is 24.3 Å². The SMILES string of the molecule is COc1cccc(C(=O)Nc2nc3c(s2)C(=O)C[C@H](C(=O)NCCCN2CCCC2=O)C3)c1. The molecule has 0 spiro atoms. The summed E-state index contributed by atoms with van der Waals surface area (Å²) in [5.74, 6) is -0.419. The Labute approximate surface area is 195 Å². The van der Waals surface area contributed by atoms with Crippen molar-refractivity contribution in [1.82, 2.24) is 15.2 Å². The fraction of sp³-hybridized carbons (Fsp3) is 0.435. The van der Waals surface area contributed by atoms with E-state index in [1.807, 2.05) is 4.90 Å². The minimum Gasteiger partial charge on any atom is -0.497 e. The number of carbonyl (C=O) groups is 4. The molecule has 10 heteroatoms. The summed E-state index contributed by atoms with van der Waals surface area (Å²) in [5, 5.41) is 5.94. The Morgan fingerprint density at radius 2 is 2.12 bits per heavy atom. The summed E-state index contributed by atoms with van der Waals surface area (Å²) in [6, 6.07) is 6.75. The van der Waals surface area contributed by atoms with Crippen molar-refractivity contribution in [3.05, 3.63) is 40.4 Å². The molecule has 33 heavy (non-hydrogen) atoms. The van der Waals surface area contributed by atoms with E-state index < -0.39 is 5.92 Å². The highest BCUT2D eigenvalue weighted by molar-refractivity contribution is 7.17. The Bertz CT molecular complexity index is 1080. The second-order valence-corrected chi connectivity index (χ2v) is 9.14. The number of amides is 3. The number of benzene rings is 1. The molecule has 1 fully saturated rings. The van der Waals surface area contributed by atoms with E-state index in [0.717, 1.165) is 24.3 Å². The Hall–Kier alpha value is -3.27. The van der Waals surface area contributed by atoms with Gasteiger partial charge in [0.25, 0.3) is 5.91 Å². The van der Waals surface area contributed by atoms with Crippen LogP contribution in [-0.4, -0.2) is 60.1 Å². The van der Waals surface area contributed by atoms with Gasteiger partial charge in [-0.25, -0.2) is 4.98 Å². The van der Waals surface area contributed by atoms with Gasteiger partial charge in [-0.15, -0.1) is 0 Å². The van der Waals surface area contributed by atoms with Crippen molar-refractivity contribution in [2.45, 2.75) is 32.1 Å². The van der Waals surface area contributed by atoms with Crippen LogP contribution in [0.1, 0.15) is 51.4 Å². The van der Waals surface area contributed by atoms with Crippen molar-refractivity contribution in [2.75, 3.05) is 32.1 Å². The lowest BCUT2D eigenvalue weighted by molar-refractivity contribution is -0.127. The molecule has 1 atom stereocenters. The molecule has 2 aliphatic rings. The third-order valence-corrected chi connectivity index (χ3v) is 6.87. The maximum absolute atomic E-state index is 12.6. The molecule has 1 aliphatic carbocycles. The van der Waals surface area contributed by atoms with E-state index in [0.29, 0.717) is 59.4 Å². The summed E-state index contributed by atoms with van der Waals surface area (Å²) >= 11 is 1.13. The zero-order chi connectivity index (χ0) is 23.4. The minimum absolute atomic E-state index is 0.120. The molecule has 1 aromatic heterocycles. The van der Waals surface area contributed by atoms with Crippen LogP contribution in [0.5, 0.6) is 5.75 Å². The van der Waals surface area contributed by atoms with Gasteiger partial charge in [-0.05, 0) is 31.0 Å². The maximum Gasteiger partial charge on any atom is 0.257 e. The van der Waals surface area contributed by atoms with Crippen molar-refractivity contribution in [3.63, 3.8) is 0 Å². The third kappa shape index (κ3) is 5.39. The molecule has 1 aromatic carbocycles. The highest BCUT2D eigenvalue weighted by atomic mass is 32.1. The Kier molecular flexibility index (Phi) is 7.02. The number of hydrogen-bond acceptors (Lipinski definition) is 7. The quantitative estimate of drug-likeness (QED) is 0.572. The number of thiazole rings is 1. The highest BCUT2D eigenvalue weighted by Gasteiger charge is 2.33. The zero-order valence-corrected chi connectivity index (χ0v) is 19.2. The van der Waals surface area contributed by atoms with Crippen molar-refractivity contribution < 1.29 is 23.9 Å². The first kappa shape index (κ1) is 22.9. The molecular weight excluding hydrogens is 444 g/mol. The van der Waals surface area contributed by atoms with Gasteiger partial charge in [0.05, 0.1) is 23.6 Å². The van der Waals surface area contributed by atoms with Gasteiger partial charge < -0.3 is 15.0 Å². The number of nitrogens with one attached hydrogen (secondary N) is 2. The molecule has 0 saturated carbocycles. The van der Waals surface area contributed by atoms with Crippen molar-refractivity contribution in [2.24, 2.45) is 5.92 Å². The van der Waals surface area contributed by atoms with Gasteiger partial charge in [0, 0.05) is 44.5 Å². The summed E-state index contributed by atoms with van der Waals surface area (Å²) in [6.45, 7) is 1.88. The highest BCUT2D eigenvalue weighted by Crippen LogP contribution is 2.32. The summed E-state index contributed by atoms with van der Waals surface area (Å²) in [5.41, 5.74) is 0.960. The van der Waals surface area contributed by atoms with E-state index in [1.54, 1.807) is 24.3 Å². The minimum atomic E-state index is -0.484. The fourth-order valence-electron chi connectivity index (χ4n) is 4.07. The van der Waals surface area contributed by atoms with Crippen LogP contribution in [0.2, 0.25) is 0 Å². The molecular formula is C23H26N4O5S. The molecule has 4 rings (SSSR count). The molecule has 174 valence electrons. The molecule has 0 unspecified atom stereocenters. The lowest BCUT2D eigenvalue weighted by atomic mass is 9.89. The topological polar surface area (TPSA) is 118 Å². The molecule has 0 bridgehead atoms. The number of aromatic nitrogens is 1. The average molecular weight is 471 g/mol. The molecule has 2 heterocycles. The normalized spacial score (nSPS) is 17.6. The van der Waals surface area contributed by atoms with Gasteiger partial charge in [-0.3, -0.25) is 24.5 Å². The molecule has 1 aliphatic heterocycles. The van der Waals surface area contributed by atoms with E-state index in [1.165, 1.54) is 7.11 Å². The van der Waals surface area contributed by atoms with Gasteiger partial charge >= 0.3 is 0 Å². The van der Waals surface area contributed by atoms with Crippen LogP contribution in [0.4, 0.5) is 5.13 Å². The van der Waals surface area contributed by atoms with Crippen LogP contribution >= 0.6 is 11.3 Å². The van der Waals surface area contributed by atoms with E-state index in [2.05, 4.69) is 15.6 Å². The first-order valence-corrected chi connectivity index (χ1v) is 11.8. The molecule has 2 N–H and O–H groups in total. The number of methoxy groups -OCH3 is 1. The van der Waals surface area contributed by atoms with E-state index in [9.17, 15) is 19.2 Å².